The van der Waals surface area contributed by atoms with E-state index >= 15 is 0 Å². The van der Waals surface area contributed by atoms with Crippen LogP contribution in [-0.2, 0) is 10.0 Å². The SMILES string of the molecule is O=C(Nc1ccc(N2CCCS2(=O)=O)cc1)c1cc2cc(Cl)ccc2o1. The summed E-state index contributed by atoms with van der Waals surface area (Å²) in [5.74, 6) is -0.0472. The monoisotopic (exact) mass is 390 g/mol. The van der Waals surface area contributed by atoms with E-state index in [2.05, 4.69) is 5.32 Å². The highest BCUT2D eigenvalue weighted by Crippen LogP contribution is 2.26. The van der Waals surface area contributed by atoms with Crippen LogP contribution >= 0.6 is 11.6 Å². The number of fused-ring (bicyclic) bond motifs is 1. The van der Waals surface area contributed by atoms with E-state index in [0.717, 1.165) is 5.39 Å². The molecule has 134 valence electrons. The van der Waals surface area contributed by atoms with E-state index in [4.69, 9.17) is 16.0 Å². The summed E-state index contributed by atoms with van der Waals surface area (Å²) in [5.41, 5.74) is 1.72. The lowest BCUT2D eigenvalue weighted by Crippen LogP contribution is -2.24. The molecule has 3 aromatic rings. The quantitative estimate of drug-likeness (QED) is 0.736. The lowest BCUT2D eigenvalue weighted by atomic mass is 10.2. The Hall–Kier alpha value is -2.51. The average molecular weight is 391 g/mol. The number of benzene rings is 2. The first kappa shape index (κ1) is 16.9. The van der Waals surface area contributed by atoms with Crippen molar-refractivity contribution in [2.45, 2.75) is 6.42 Å². The van der Waals surface area contributed by atoms with Gasteiger partial charge in [-0.1, -0.05) is 11.6 Å². The van der Waals surface area contributed by atoms with Gasteiger partial charge in [0.1, 0.15) is 5.58 Å². The van der Waals surface area contributed by atoms with Gasteiger partial charge in [-0.3, -0.25) is 9.10 Å². The molecule has 0 bridgehead atoms. The predicted molar refractivity (Wildman–Crippen MR) is 101 cm³/mol. The second-order valence-corrected chi connectivity index (χ2v) is 8.48. The van der Waals surface area contributed by atoms with Crippen molar-refractivity contribution in [3.05, 3.63) is 59.3 Å². The number of carbonyl (C=O) groups excluding carboxylic acids is 1. The first-order chi connectivity index (χ1) is 12.4. The van der Waals surface area contributed by atoms with Crippen LogP contribution in [0.15, 0.2) is 52.9 Å². The maximum absolute atomic E-state index is 12.4. The van der Waals surface area contributed by atoms with Crippen LogP contribution in [0.3, 0.4) is 0 Å². The normalized spacial score (nSPS) is 16.1. The molecule has 0 radical (unpaired) electrons. The van der Waals surface area contributed by atoms with Crippen LogP contribution in [0.1, 0.15) is 17.0 Å². The zero-order valence-electron chi connectivity index (χ0n) is 13.6. The third kappa shape index (κ3) is 3.15. The molecule has 26 heavy (non-hydrogen) atoms. The molecule has 6 nitrogen and oxygen atoms in total. The third-order valence-electron chi connectivity index (χ3n) is 4.21. The van der Waals surface area contributed by atoms with Gasteiger partial charge in [0, 0.05) is 22.6 Å². The smallest absolute Gasteiger partial charge is 0.291 e. The fourth-order valence-corrected chi connectivity index (χ4v) is 4.70. The van der Waals surface area contributed by atoms with E-state index < -0.39 is 10.0 Å². The molecule has 1 aromatic heterocycles. The van der Waals surface area contributed by atoms with E-state index in [-0.39, 0.29) is 17.4 Å². The van der Waals surface area contributed by atoms with Crippen LogP contribution in [0.4, 0.5) is 11.4 Å². The number of carbonyl (C=O) groups is 1. The highest BCUT2D eigenvalue weighted by Gasteiger charge is 2.28. The second kappa shape index (κ2) is 6.34. The molecule has 1 aliphatic heterocycles. The topological polar surface area (TPSA) is 79.6 Å². The summed E-state index contributed by atoms with van der Waals surface area (Å²) < 4.78 is 30.8. The zero-order chi connectivity index (χ0) is 18.3. The van der Waals surface area contributed by atoms with Crippen molar-refractivity contribution in [3.8, 4) is 0 Å². The Balaban J connectivity index is 1.52. The highest BCUT2D eigenvalue weighted by atomic mass is 35.5. The summed E-state index contributed by atoms with van der Waals surface area (Å²) >= 11 is 5.94. The summed E-state index contributed by atoms with van der Waals surface area (Å²) in [7, 11) is -3.22. The second-order valence-electron chi connectivity index (χ2n) is 6.04. The standard InChI is InChI=1S/C18H15ClN2O4S/c19-13-2-7-16-12(10-13)11-17(25-16)18(22)20-14-3-5-15(6-4-14)21-8-1-9-26(21,23)24/h2-7,10-11H,1,8-9H2,(H,20,22). The molecule has 0 unspecified atom stereocenters. The van der Waals surface area contributed by atoms with Crippen molar-refractivity contribution in [3.63, 3.8) is 0 Å². The molecule has 1 saturated heterocycles. The van der Waals surface area contributed by atoms with Crippen molar-refractivity contribution in [2.24, 2.45) is 0 Å². The molecule has 1 N–H and O–H groups in total. The summed E-state index contributed by atoms with van der Waals surface area (Å²) in [6.07, 6.45) is 0.622. The molecule has 0 atom stereocenters. The molecule has 4 rings (SSSR count). The minimum Gasteiger partial charge on any atom is -0.451 e. The number of nitrogens with one attached hydrogen (secondary N) is 1. The predicted octanol–water partition coefficient (Wildman–Crippen LogP) is 3.88. The van der Waals surface area contributed by atoms with Crippen molar-refractivity contribution in [2.75, 3.05) is 21.9 Å². The number of amides is 1. The van der Waals surface area contributed by atoms with E-state index in [9.17, 15) is 13.2 Å². The molecule has 0 aliphatic carbocycles. The largest absolute Gasteiger partial charge is 0.451 e. The third-order valence-corrected chi connectivity index (χ3v) is 6.32. The minimum atomic E-state index is -3.22. The Labute approximate surface area is 155 Å². The molecular weight excluding hydrogens is 376 g/mol. The van der Waals surface area contributed by atoms with Gasteiger partial charge in [-0.15, -0.1) is 0 Å². The molecule has 8 heteroatoms. The maximum atomic E-state index is 12.4. The van der Waals surface area contributed by atoms with Crippen LogP contribution < -0.4 is 9.62 Å². The number of hydrogen-bond donors (Lipinski definition) is 1. The Morgan fingerprint density at radius 1 is 1.12 bits per heavy atom. The number of halogens is 1. The summed E-state index contributed by atoms with van der Waals surface area (Å²) in [4.78, 5) is 12.4. The van der Waals surface area contributed by atoms with Crippen LogP contribution in [0.5, 0.6) is 0 Å². The first-order valence-electron chi connectivity index (χ1n) is 8.03. The fraction of sp³-hybridized carbons (Fsp3) is 0.167. The number of nitrogens with zero attached hydrogens (tertiary/aromatic N) is 1. The highest BCUT2D eigenvalue weighted by molar-refractivity contribution is 7.93. The number of hydrogen-bond acceptors (Lipinski definition) is 4. The molecule has 1 aliphatic rings. The zero-order valence-corrected chi connectivity index (χ0v) is 15.2. The van der Waals surface area contributed by atoms with E-state index in [1.807, 2.05) is 0 Å². The fourth-order valence-electron chi connectivity index (χ4n) is 2.96. The molecule has 2 aromatic carbocycles. The molecule has 1 fully saturated rings. The maximum Gasteiger partial charge on any atom is 0.291 e. The summed E-state index contributed by atoms with van der Waals surface area (Å²) in [6.45, 7) is 0.482. The molecule has 1 amide bonds. The van der Waals surface area contributed by atoms with Crippen molar-refractivity contribution < 1.29 is 17.6 Å². The van der Waals surface area contributed by atoms with Crippen LogP contribution in [0.25, 0.3) is 11.0 Å². The van der Waals surface area contributed by atoms with Gasteiger partial charge in [0.25, 0.3) is 5.91 Å². The number of anilines is 2. The first-order valence-corrected chi connectivity index (χ1v) is 10.0. The lowest BCUT2D eigenvalue weighted by molar-refractivity contribution is 0.0998. The molecular formula is C18H15ClN2O4S. The number of furan rings is 1. The van der Waals surface area contributed by atoms with Gasteiger partial charge in [-0.05, 0) is 55.0 Å². The van der Waals surface area contributed by atoms with Crippen LogP contribution in [0, 0.1) is 0 Å². The number of sulfonamides is 1. The molecule has 2 heterocycles. The molecule has 0 spiro atoms. The van der Waals surface area contributed by atoms with Gasteiger partial charge in [0.15, 0.2) is 5.76 Å². The Bertz CT molecular complexity index is 1090. The average Bonchev–Trinajstić information content (AvgIpc) is 3.18. The summed E-state index contributed by atoms with van der Waals surface area (Å²) in [5, 5.41) is 4.05. The lowest BCUT2D eigenvalue weighted by Gasteiger charge is -2.17. The number of rotatable bonds is 3. The van der Waals surface area contributed by atoms with Crippen molar-refractivity contribution >= 4 is 49.9 Å². The van der Waals surface area contributed by atoms with Gasteiger partial charge in [0.05, 0.1) is 11.4 Å². The minimum absolute atomic E-state index is 0.168. The van der Waals surface area contributed by atoms with Crippen LogP contribution in [-0.4, -0.2) is 26.6 Å². The van der Waals surface area contributed by atoms with Gasteiger partial charge < -0.3 is 9.73 Å². The van der Waals surface area contributed by atoms with Crippen molar-refractivity contribution in [1.82, 2.24) is 0 Å². The Morgan fingerprint density at radius 3 is 2.58 bits per heavy atom. The van der Waals surface area contributed by atoms with E-state index in [0.29, 0.717) is 34.9 Å². The van der Waals surface area contributed by atoms with Crippen LogP contribution in [0.2, 0.25) is 5.02 Å². The van der Waals surface area contributed by atoms with Gasteiger partial charge in [0.2, 0.25) is 10.0 Å². The van der Waals surface area contributed by atoms with E-state index in [1.165, 1.54) is 4.31 Å². The Morgan fingerprint density at radius 2 is 1.88 bits per heavy atom. The van der Waals surface area contributed by atoms with Gasteiger partial charge in [-0.2, -0.15) is 0 Å². The van der Waals surface area contributed by atoms with Gasteiger partial charge >= 0.3 is 0 Å². The summed E-state index contributed by atoms with van der Waals surface area (Å²) in [6, 6.07) is 13.4. The van der Waals surface area contributed by atoms with Crippen molar-refractivity contribution in [1.29, 1.82) is 0 Å². The Kier molecular flexibility index (Phi) is 4.13. The van der Waals surface area contributed by atoms with E-state index in [1.54, 1.807) is 48.5 Å². The van der Waals surface area contributed by atoms with Gasteiger partial charge in [-0.25, -0.2) is 8.42 Å². The molecule has 0 saturated carbocycles.